The molecule has 19 heavy (non-hydrogen) atoms. The Labute approximate surface area is 114 Å². The molecule has 2 atom stereocenters. The third-order valence-electron chi connectivity index (χ3n) is 4.34. The van der Waals surface area contributed by atoms with Crippen LogP contribution in [-0.4, -0.2) is 50.1 Å². The fraction of sp³-hybridized carbons (Fsp3) is 0.714. The number of rotatable bonds is 5. The van der Waals surface area contributed by atoms with Gasteiger partial charge in [-0.25, -0.2) is 0 Å². The van der Waals surface area contributed by atoms with Crippen LogP contribution >= 0.6 is 0 Å². The van der Waals surface area contributed by atoms with Crippen LogP contribution in [0.15, 0.2) is 12.7 Å². The molecule has 5 heteroatoms. The second kappa shape index (κ2) is 5.74. The third-order valence-corrected chi connectivity index (χ3v) is 4.34. The van der Waals surface area contributed by atoms with Crippen LogP contribution in [0.4, 0.5) is 0 Å². The molecule has 1 aliphatic carbocycles. The van der Waals surface area contributed by atoms with Crippen molar-refractivity contribution < 1.29 is 14.3 Å². The van der Waals surface area contributed by atoms with Crippen LogP contribution in [0.5, 0.6) is 0 Å². The number of carbonyl (C=O) groups is 2. The second-order valence-corrected chi connectivity index (χ2v) is 5.50. The Bertz CT molecular complexity index is 383. The predicted molar refractivity (Wildman–Crippen MR) is 71.4 cm³/mol. The molecule has 5 nitrogen and oxygen atoms in total. The van der Waals surface area contributed by atoms with Crippen LogP contribution in [0, 0.1) is 11.3 Å². The van der Waals surface area contributed by atoms with Gasteiger partial charge in [0.15, 0.2) is 0 Å². The van der Waals surface area contributed by atoms with Gasteiger partial charge < -0.3 is 10.1 Å². The predicted octanol–water partition coefficient (Wildman–Crippen LogP) is 0.564. The van der Waals surface area contributed by atoms with E-state index in [9.17, 15) is 9.59 Å². The average molecular weight is 266 g/mol. The number of ether oxygens (including phenoxy) is 1. The number of nitrogens with zero attached hydrogens (tertiary/aromatic N) is 1. The van der Waals surface area contributed by atoms with Crippen LogP contribution in [0.1, 0.15) is 19.3 Å². The van der Waals surface area contributed by atoms with Gasteiger partial charge in [-0.05, 0) is 18.8 Å². The van der Waals surface area contributed by atoms with Crippen molar-refractivity contribution in [2.75, 3.05) is 33.3 Å². The zero-order valence-corrected chi connectivity index (χ0v) is 11.5. The lowest BCUT2D eigenvalue weighted by atomic mass is 9.81. The molecule has 1 amide bonds. The molecule has 1 saturated heterocycles. The van der Waals surface area contributed by atoms with Crippen molar-refractivity contribution in [3.63, 3.8) is 0 Å². The molecular weight excluding hydrogens is 244 g/mol. The summed E-state index contributed by atoms with van der Waals surface area (Å²) < 4.78 is 4.98. The first-order valence-corrected chi connectivity index (χ1v) is 6.81. The highest BCUT2D eigenvalue weighted by atomic mass is 16.5. The van der Waals surface area contributed by atoms with Gasteiger partial charge in [0.25, 0.3) is 0 Å². The number of carbonyl (C=O) groups excluding carboxylic acids is 2. The van der Waals surface area contributed by atoms with E-state index in [0.717, 1.165) is 25.8 Å². The Morgan fingerprint density at radius 3 is 3.05 bits per heavy atom. The summed E-state index contributed by atoms with van der Waals surface area (Å²) in [5.41, 5.74) is -0.368. The normalized spacial score (nSPS) is 29.8. The maximum absolute atomic E-state index is 12.1. The molecule has 1 saturated carbocycles. The van der Waals surface area contributed by atoms with E-state index < -0.39 is 0 Å². The number of methoxy groups -OCH3 is 1. The molecule has 0 bridgehead atoms. The zero-order valence-electron chi connectivity index (χ0n) is 11.5. The van der Waals surface area contributed by atoms with Crippen LogP contribution in [-0.2, 0) is 14.3 Å². The maximum atomic E-state index is 12.1. The lowest BCUT2D eigenvalue weighted by Gasteiger charge is -2.25. The summed E-state index contributed by atoms with van der Waals surface area (Å²) >= 11 is 0. The maximum Gasteiger partial charge on any atom is 0.313 e. The first kappa shape index (κ1) is 14.1. The molecule has 2 rings (SSSR count). The van der Waals surface area contributed by atoms with Crippen LogP contribution < -0.4 is 5.32 Å². The number of hydrogen-bond donors (Lipinski definition) is 1. The minimum Gasteiger partial charge on any atom is -0.469 e. The average Bonchev–Trinajstić information content (AvgIpc) is 2.92. The second-order valence-electron chi connectivity index (χ2n) is 5.50. The van der Waals surface area contributed by atoms with Crippen molar-refractivity contribution in [2.24, 2.45) is 11.3 Å². The Morgan fingerprint density at radius 2 is 2.37 bits per heavy atom. The fourth-order valence-corrected chi connectivity index (χ4v) is 3.50. The quantitative estimate of drug-likeness (QED) is 0.583. The largest absolute Gasteiger partial charge is 0.469 e. The summed E-state index contributed by atoms with van der Waals surface area (Å²) in [7, 11) is 1.45. The minimum absolute atomic E-state index is 0.0140. The molecule has 1 aliphatic heterocycles. The molecule has 1 heterocycles. The van der Waals surface area contributed by atoms with Gasteiger partial charge in [-0.1, -0.05) is 12.5 Å². The molecule has 106 valence electrons. The summed E-state index contributed by atoms with van der Waals surface area (Å²) in [6.07, 6.45) is 4.68. The van der Waals surface area contributed by atoms with Crippen molar-refractivity contribution in [3.8, 4) is 0 Å². The molecule has 0 radical (unpaired) electrons. The van der Waals surface area contributed by atoms with Gasteiger partial charge in [0, 0.05) is 19.6 Å². The zero-order chi connectivity index (χ0) is 13.9. The van der Waals surface area contributed by atoms with E-state index in [1.807, 2.05) is 0 Å². The topological polar surface area (TPSA) is 58.6 Å². The van der Waals surface area contributed by atoms with Gasteiger partial charge in [0.1, 0.15) is 0 Å². The van der Waals surface area contributed by atoms with Gasteiger partial charge in [-0.3, -0.25) is 14.5 Å². The number of likely N-dealkylation sites (tertiary alicyclic amines) is 1. The molecule has 0 aromatic rings. The van der Waals surface area contributed by atoms with E-state index >= 15 is 0 Å². The third kappa shape index (κ3) is 2.66. The fourth-order valence-electron chi connectivity index (χ4n) is 3.50. The number of nitrogens with one attached hydrogen (secondary N) is 1. The smallest absolute Gasteiger partial charge is 0.313 e. The van der Waals surface area contributed by atoms with E-state index in [4.69, 9.17) is 4.74 Å². The molecule has 2 unspecified atom stereocenters. The number of hydrogen-bond acceptors (Lipinski definition) is 4. The number of esters is 1. The summed E-state index contributed by atoms with van der Waals surface area (Å²) in [4.78, 5) is 25.8. The molecule has 2 aliphatic rings. The molecular formula is C14H22N2O3. The summed E-state index contributed by atoms with van der Waals surface area (Å²) in [6, 6.07) is 0. The summed E-state index contributed by atoms with van der Waals surface area (Å²) in [5.74, 6) is 0.219. The van der Waals surface area contributed by atoms with Crippen LogP contribution in [0.3, 0.4) is 0 Å². The summed E-state index contributed by atoms with van der Waals surface area (Å²) in [6.45, 7) is 5.86. The molecule has 0 aromatic carbocycles. The highest BCUT2D eigenvalue weighted by Crippen LogP contribution is 2.49. The van der Waals surface area contributed by atoms with Gasteiger partial charge in [-0.2, -0.15) is 0 Å². The Balaban J connectivity index is 1.96. The molecule has 2 fully saturated rings. The number of fused-ring (bicyclic) bond motifs is 1. The monoisotopic (exact) mass is 266 g/mol. The highest BCUT2D eigenvalue weighted by molar-refractivity contribution is 5.80. The minimum atomic E-state index is -0.368. The molecule has 0 spiro atoms. The lowest BCUT2D eigenvalue weighted by molar-refractivity contribution is -0.153. The first-order chi connectivity index (χ1) is 9.12. The lowest BCUT2D eigenvalue weighted by Crippen LogP contribution is -2.40. The summed E-state index contributed by atoms with van der Waals surface area (Å²) in [5, 5.41) is 2.77. The standard InChI is InChI=1S/C14H22N2O3/c1-3-7-15-12(17)9-16-8-11-5-4-6-14(11,10-16)13(18)19-2/h3,11H,1,4-10H2,2H3,(H,15,17). The van der Waals surface area contributed by atoms with E-state index in [2.05, 4.69) is 16.8 Å². The van der Waals surface area contributed by atoms with Crippen molar-refractivity contribution >= 4 is 11.9 Å². The van der Waals surface area contributed by atoms with Gasteiger partial charge in [0.2, 0.25) is 5.91 Å². The van der Waals surface area contributed by atoms with E-state index in [0.29, 0.717) is 25.6 Å². The molecule has 0 aromatic heterocycles. The Hall–Kier alpha value is -1.36. The van der Waals surface area contributed by atoms with E-state index in [-0.39, 0.29) is 17.3 Å². The van der Waals surface area contributed by atoms with E-state index in [1.165, 1.54) is 7.11 Å². The SMILES string of the molecule is C=CCNC(=O)CN1CC2CCCC2(C(=O)OC)C1. The van der Waals surface area contributed by atoms with Crippen molar-refractivity contribution in [2.45, 2.75) is 19.3 Å². The van der Waals surface area contributed by atoms with Crippen molar-refractivity contribution in [3.05, 3.63) is 12.7 Å². The first-order valence-electron chi connectivity index (χ1n) is 6.81. The van der Waals surface area contributed by atoms with Crippen LogP contribution in [0.25, 0.3) is 0 Å². The number of amides is 1. The van der Waals surface area contributed by atoms with Gasteiger partial charge in [-0.15, -0.1) is 6.58 Å². The van der Waals surface area contributed by atoms with Gasteiger partial charge >= 0.3 is 5.97 Å². The molecule has 1 N–H and O–H groups in total. The highest BCUT2D eigenvalue weighted by Gasteiger charge is 2.55. The Kier molecular flexibility index (Phi) is 4.24. The van der Waals surface area contributed by atoms with Gasteiger partial charge in [0.05, 0.1) is 19.1 Å². The van der Waals surface area contributed by atoms with Crippen molar-refractivity contribution in [1.29, 1.82) is 0 Å². The van der Waals surface area contributed by atoms with E-state index in [1.54, 1.807) is 6.08 Å². The Morgan fingerprint density at radius 1 is 1.58 bits per heavy atom. The van der Waals surface area contributed by atoms with Crippen LogP contribution in [0.2, 0.25) is 0 Å². The van der Waals surface area contributed by atoms with Crippen molar-refractivity contribution in [1.82, 2.24) is 10.2 Å².